The van der Waals surface area contributed by atoms with Crippen molar-refractivity contribution in [3.05, 3.63) is 29.8 Å². The molecule has 154 valence electrons. The SMILES string of the molecule is CNC(=O)C1CN=C(N)C2CC(c3ccc(S(=O)(=O)NC(C)(C)C)cc3)SC12. The molecule has 2 aliphatic rings. The van der Waals surface area contributed by atoms with E-state index in [4.69, 9.17) is 5.73 Å². The van der Waals surface area contributed by atoms with Gasteiger partial charge in [-0.2, -0.15) is 0 Å². The zero-order chi connectivity index (χ0) is 20.7. The molecule has 2 heterocycles. The molecule has 1 aromatic carbocycles. The van der Waals surface area contributed by atoms with Gasteiger partial charge in [-0.3, -0.25) is 9.79 Å². The summed E-state index contributed by atoms with van der Waals surface area (Å²) in [7, 11) is -1.92. The summed E-state index contributed by atoms with van der Waals surface area (Å²) in [5.41, 5.74) is 6.62. The third-order valence-electron chi connectivity index (χ3n) is 5.02. The first-order valence-corrected chi connectivity index (χ1v) is 11.8. The molecule has 0 saturated carbocycles. The molecule has 0 spiro atoms. The molecule has 9 heteroatoms. The minimum atomic E-state index is -3.56. The van der Waals surface area contributed by atoms with E-state index >= 15 is 0 Å². The number of thioether (sulfide) groups is 1. The summed E-state index contributed by atoms with van der Waals surface area (Å²) in [4.78, 5) is 16.8. The molecule has 4 N–H and O–H groups in total. The van der Waals surface area contributed by atoms with Gasteiger partial charge in [0.15, 0.2) is 0 Å². The van der Waals surface area contributed by atoms with Crippen LogP contribution in [0.1, 0.15) is 38.0 Å². The number of aliphatic imine (C=N–C) groups is 1. The molecule has 4 atom stereocenters. The van der Waals surface area contributed by atoms with E-state index in [-0.39, 0.29) is 33.1 Å². The molecule has 3 rings (SSSR count). The lowest BCUT2D eigenvalue weighted by Crippen LogP contribution is -2.45. The van der Waals surface area contributed by atoms with Gasteiger partial charge in [0.2, 0.25) is 15.9 Å². The van der Waals surface area contributed by atoms with Gasteiger partial charge < -0.3 is 11.1 Å². The molecule has 0 aliphatic carbocycles. The zero-order valence-corrected chi connectivity index (χ0v) is 18.2. The lowest BCUT2D eigenvalue weighted by atomic mass is 9.86. The van der Waals surface area contributed by atoms with Crippen molar-refractivity contribution in [1.82, 2.24) is 10.0 Å². The summed E-state index contributed by atoms with van der Waals surface area (Å²) >= 11 is 1.74. The fourth-order valence-corrected chi connectivity index (χ4v) is 7.02. The molecule has 1 fully saturated rings. The average Bonchev–Trinajstić information content (AvgIpc) is 3.06. The van der Waals surface area contributed by atoms with E-state index in [0.717, 1.165) is 12.0 Å². The van der Waals surface area contributed by atoms with Gasteiger partial charge in [0, 0.05) is 29.0 Å². The quantitative estimate of drug-likeness (QED) is 0.680. The second-order valence-corrected chi connectivity index (χ2v) is 11.4. The first-order valence-electron chi connectivity index (χ1n) is 9.32. The van der Waals surface area contributed by atoms with Crippen molar-refractivity contribution in [3.63, 3.8) is 0 Å². The van der Waals surface area contributed by atoms with Gasteiger partial charge in [-0.15, -0.1) is 11.8 Å². The van der Waals surface area contributed by atoms with Crippen LogP contribution in [-0.4, -0.2) is 44.5 Å². The molecule has 1 aromatic rings. The summed E-state index contributed by atoms with van der Waals surface area (Å²) < 4.78 is 27.6. The highest BCUT2D eigenvalue weighted by Crippen LogP contribution is 2.52. The molecule has 0 radical (unpaired) electrons. The van der Waals surface area contributed by atoms with Crippen molar-refractivity contribution < 1.29 is 13.2 Å². The number of amidine groups is 1. The average molecular weight is 425 g/mol. The maximum absolute atomic E-state index is 12.5. The van der Waals surface area contributed by atoms with E-state index in [1.54, 1.807) is 30.9 Å². The van der Waals surface area contributed by atoms with Crippen LogP contribution in [0.2, 0.25) is 0 Å². The Morgan fingerprint density at radius 1 is 1.25 bits per heavy atom. The Balaban J connectivity index is 1.79. The Morgan fingerprint density at radius 2 is 1.89 bits per heavy atom. The number of hydrogen-bond acceptors (Lipinski definition) is 6. The van der Waals surface area contributed by atoms with Crippen molar-refractivity contribution in [2.24, 2.45) is 22.6 Å². The number of rotatable bonds is 4. The van der Waals surface area contributed by atoms with Crippen LogP contribution in [0.25, 0.3) is 0 Å². The molecule has 1 saturated heterocycles. The van der Waals surface area contributed by atoms with Gasteiger partial charge in [0.25, 0.3) is 0 Å². The predicted octanol–water partition coefficient (Wildman–Crippen LogP) is 1.66. The highest BCUT2D eigenvalue weighted by atomic mass is 32.2. The summed E-state index contributed by atoms with van der Waals surface area (Å²) in [5.74, 6) is 0.493. The van der Waals surface area contributed by atoms with Crippen LogP contribution in [-0.2, 0) is 14.8 Å². The number of carbonyl (C=O) groups is 1. The normalized spacial score (nSPS) is 27.8. The third-order valence-corrected chi connectivity index (χ3v) is 8.56. The number of amides is 1. The van der Waals surface area contributed by atoms with Crippen molar-refractivity contribution in [3.8, 4) is 0 Å². The first kappa shape index (κ1) is 21.1. The number of fused-ring (bicyclic) bond motifs is 1. The fraction of sp³-hybridized carbons (Fsp3) is 0.579. The molecule has 0 aromatic heterocycles. The second kappa shape index (κ2) is 7.68. The van der Waals surface area contributed by atoms with Gasteiger partial charge in [0.1, 0.15) is 0 Å². The minimum Gasteiger partial charge on any atom is -0.387 e. The van der Waals surface area contributed by atoms with Crippen LogP contribution in [0, 0.1) is 11.8 Å². The second-order valence-electron chi connectivity index (χ2n) is 8.34. The summed E-state index contributed by atoms with van der Waals surface area (Å²) in [6.07, 6.45) is 0.796. The Morgan fingerprint density at radius 3 is 2.46 bits per heavy atom. The first-order chi connectivity index (χ1) is 13.0. The molecule has 4 unspecified atom stereocenters. The summed E-state index contributed by atoms with van der Waals surface area (Å²) in [5, 5.41) is 2.97. The van der Waals surface area contributed by atoms with Gasteiger partial charge >= 0.3 is 0 Å². The van der Waals surface area contributed by atoms with Crippen LogP contribution >= 0.6 is 11.8 Å². The largest absolute Gasteiger partial charge is 0.387 e. The fourth-order valence-electron chi connectivity index (χ4n) is 3.75. The maximum atomic E-state index is 12.5. The van der Waals surface area contributed by atoms with Gasteiger partial charge in [0.05, 0.1) is 23.2 Å². The van der Waals surface area contributed by atoms with Crippen molar-refractivity contribution in [1.29, 1.82) is 0 Å². The van der Waals surface area contributed by atoms with Crippen molar-refractivity contribution >= 4 is 33.5 Å². The standard InChI is InChI=1S/C19H28N4O3S2/c1-19(2,3)23-28(25,26)12-7-5-11(6-8-12)15-9-13-16(27-15)14(18(24)21-4)10-22-17(13)20/h5-8,13-16,23H,9-10H2,1-4H3,(H2,20,22)(H,21,24). The van der Waals surface area contributed by atoms with E-state index in [9.17, 15) is 13.2 Å². The van der Waals surface area contributed by atoms with Crippen LogP contribution in [0.15, 0.2) is 34.2 Å². The zero-order valence-electron chi connectivity index (χ0n) is 16.6. The molecule has 2 aliphatic heterocycles. The maximum Gasteiger partial charge on any atom is 0.241 e. The molecule has 1 amide bonds. The molecular formula is C19H28N4O3S2. The van der Waals surface area contributed by atoms with E-state index in [0.29, 0.717) is 12.4 Å². The predicted molar refractivity (Wildman–Crippen MR) is 113 cm³/mol. The smallest absolute Gasteiger partial charge is 0.241 e. The van der Waals surface area contributed by atoms with Crippen LogP contribution in [0.3, 0.4) is 0 Å². The highest BCUT2D eigenvalue weighted by molar-refractivity contribution is 8.00. The van der Waals surface area contributed by atoms with E-state index in [1.165, 1.54) is 0 Å². The van der Waals surface area contributed by atoms with Gasteiger partial charge in [-0.05, 0) is 44.9 Å². The number of benzene rings is 1. The Kier molecular flexibility index (Phi) is 5.80. The number of carbonyl (C=O) groups excluding carboxylic acids is 1. The molecule has 28 heavy (non-hydrogen) atoms. The highest BCUT2D eigenvalue weighted by Gasteiger charge is 2.46. The number of nitrogens with zero attached hydrogens (tertiary/aromatic N) is 1. The molecule has 7 nitrogen and oxygen atoms in total. The lowest BCUT2D eigenvalue weighted by Gasteiger charge is -2.29. The lowest BCUT2D eigenvalue weighted by molar-refractivity contribution is -0.124. The van der Waals surface area contributed by atoms with Gasteiger partial charge in [-0.25, -0.2) is 13.1 Å². The number of nitrogens with two attached hydrogens (primary N) is 1. The van der Waals surface area contributed by atoms with Crippen LogP contribution < -0.4 is 15.8 Å². The van der Waals surface area contributed by atoms with E-state index in [2.05, 4.69) is 15.0 Å². The Bertz CT molecular complexity index is 875. The number of nitrogens with one attached hydrogen (secondary N) is 2. The monoisotopic (exact) mass is 424 g/mol. The van der Waals surface area contributed by atoms with E-state index in [1.807, 2.05) is 32.9 Å². The molecule has 0 bridgehead atoms. The van der Waals surface area contributed by atoms with E-state index < -0.39 is 15.6 Å². The number of sulfonamides is 1. The number of hydrogen-bond donors (Lipinski definition) is 3. The Labute approximate surface area is 171 Å². The third kappa shape index (κ3) is 4.36. The van der Waals surface area contributed by atoms with Crippen LogP contribution in [0.5, 0.6) is 0 Å². The summed E-state index contributed by atoms with van der Waals surface area (Å²) in [6, 6.07) is 6.99. The molecular weight excluding hydrogens is 396 g/mol. The minimum absolute atomic E-state index is 0.00547. The Hall–Kier alpha value is -1.58. The topological polar surface area (TPSA) is 114 Å². The van der Waals surface area contributed by atoms with Crippen molar-refractivity contribution in [2.75, 3.05) is 13.6 Å². The van der Waals surface area contributed by atoms with Crippen LogP contribution in [0.4, 0.5) is 0 Å². The van der Waals surface area contributed by atoms with Crippen molar-refractivity contribution in [2.45, 2.75) is 48.1 Å². The summed E-state index contributed by atoms with van der Waals surface area (Å²) in [6.45, 7) is 5.85. The van der Waals surface area contributed by atoms with Gasteiger partial charge in [-0.1, -0.05) is 12.1 Å².